The molecule has 3 aromatic heterocycles. The summed E-state index contributed by atoms with van der Waals surface area (Å²) in [5, 5.41) is 2.81. The lowest BCUT2D eigenvalue weighted by molar-refractivity contribution is 0.0922. The van der Waals surface area contributed by atoms with Crippen LogP contribution >= 0.6 is 15.9 Å². The minimum absolute atomic E-state index is 0.264. The molecule has 0 spiro atoms. The Labute approximate surface area is 151 Å². The number of aromatic nitrogens is 2. The van der Waals surface area contributed by atoms with E-state index in [4.69, 9.17) is 8.83 Å². The summed E-state index contributed by atoms with van der Waals surface area (Å²) in [5.74, 6) is 0.520. The van der Waals surface area contributed by atoms with Crippen molar-refractivity contribution in [2.24, 2.45) is 0 Å². The van der Waals surface area contributed by atoms with E-state index in [0.717, 1.165) is 11.1 Å². The van der Waals surface area contributed by atoms with Gasteiger partial charge in [-0.25, -0.2) is 4.98 Å². The Morgan fingerprint density at radius 2 is 1.92 bits per heavy atom. The van der Waals surface area contributed by atoms with Gasteiger partial charge in [0.1, 0.15) is 0 Å². The van der Waals surface area contributed by atoms with Crippen molar-refractivity contribution >= 4 is 33.1 Å². The average Bonchev–Trinajstić information content (AvgIpc) is 3.26. The molecule has 1 amide bonds. The largest absolute Gasteiger partial charge is 0.444 e. The Hall–Kier alpha value is -2.93. The Balaban J connectivity index is 1.45. The molecule has 0 fully saturated rings. The number of hydrogen-bond donors (Lipinski definition) is 1. The van der Waals surface area contributed by atoms with E-state index in [1.807, 2.05) is 30.3 Å². The summed E-state index contributed by atoms with van der Waals surface area (Å²) in [6.45, 7) is 0.395. The smallest absolute Gasteiger partial charge is 0.287 e. The number of amides is 1. The number of pyridine rings is 1. The number of fused-ring (bicyclic) bond motifs is 1. The normalized spacial score (nSPS) is 10.9. The molecule has 0 aliphatic rings. The van der Waals surface area contributed by atoms with E-state index in [9.17, 15) is 4.79 Å². The van der Waals surface area contributed by atoms with E-state index in [1.165, 1.54) is 0 Å². The molecule has 0 unspecified atom stereocenters. The number of halogens is 1. The third-order valence-electron chi connectivity index (χ3n) is 3.62. The Bertz CT molecular complexity index is 1000. The molecule has 1 N–H and O–H groups in total. The molecule has 3 heterocycles. The van der Waals surface area contributed by atoms with Gasteiger partial charge < -0.3 is 14.2 Å². The highest BCUT2D eigenvalue weighted by atomic mass is 79.9. The first-order valence-electron chi connectivity index (χ1n) is 7.53. The highest BCUT2D eigenvalue weighted by Gasteiger charge is 2.11. The summed E-state index contributed by atoms with van der Waals surface area (Å²) >= 11 is 3.17. The van der Waals surface area contributed by atoms with Gasteiger partial charge >= 0.3 is 0 Å². The maximum atomic E-state index is 12.0. The summed E-state index contributed by atoms with van der Waals surface area (Å²) in [5.41, 5.74) is 3.04. The second kappa shape index (κ2) is 6.52. The average molecular weight is 398 g/mol. The quantitative estimate of drug-likeness (QED) is 0.558. The van der Waals surface area contributed by atoms with Crippen LogP contribution in [0.5, 0.6) is 0 Å². The molecular formula is C18H12BrN3O3. The molecule has 0 saturated heterocycles. The number of nitrogens with one attached hydrogen (secondary N) is 1. The number of rotatable bonds is 4. The van der Waals surface area contributed by atoms with Crippen LogP contribution in [0.3, 0.4) is 0 Å². The van der Waals surface area contributed by atoms with E-state index in [2.05, 4.69) is 31.2 Å². The zero-order valence-corrected chi connectivity index (χ0v) is 14.5. The Morgan fingerprint density at radius 1 is 1.08 bits per heavy atom. The molecule has 0 atom stereocenters. The number of furan rings is 1. The van der Waals surface area contributed by atoms with Gasteiger partial charge in [-0.05, 0) is 57.9 Å². The summed E-state index contributed by atoms with van der Waals surface area (Å²) in [6.07, 6.45) is 1.68. The summed E-state index contributed by atoms with van der Waals surface area (Å²) in [7, 11) is 0. The molecule has 4 aromatic rings. The number of oxazole rings is 1. The fourth-order valence-corrected chi connectivity index (χ4v) is 2.67. The van der Waals surface area contributed by atoms with Gasteiger partial charge in [-0.1, -0.05) is 12.1 Å². The van der Waals surface area contributed by atoms with Crippen LogP contribution in [0.1, 0.15) is 16.1 Å². The van der Waals surface area contributed by atoms with Crippen LogP contribution in [0.4, 0.5) is 0 Å². The van der Waals surface area contributed by atoms with Gasteiger partial charge in [0.05, 0.1) is 0 Å². The minimum Gasteiger partial charge on any atom is -0.444 e. The van der Waals surface area contributed by atoms with E-state index in [0.29, 0.717) is 28.3 Å². The van der Waals surface area contributed by atoms with Crippen LogP contribution in [0, 0.1) is 0 Å². The van der Waals surface area contributed by atoms with Gasteiger partial charge in [-0.2, -0.15) is 4.98 Å². The fraction of sp³-hybridized carbons (Fsp3) is 0.0556. The van der Waals surface area contributed by atoms with Gasteiger partial charge in [0.25, 0.3) is 5.91 Å². The Kier molecular flexibility index (Phi) is 4.07. The second-order valence-electron chi connectivity index (χ2n) is 5.33. The van der Waals surface area contributed by atoms with Crippen molar-refractivity contribution in [3.05, 3.63) is 70.7 Å². The summed E-state index contributed by atoms with van der Waals surface area (Å²) < 4.78 is 11.4. The first-order chi connectivity index (χ1) is 12.2. The van der Waals surface area contributed by atoms with Gasteiger partial charge in [0.15, 0.2) is 21.7 Å². The van der Waals surface area contributed by atoms with Crippen LogP contribution in [0.15, 0.2) is 68.2 Å². The molecule has 7 heteroatoms. The maximum Gasteiger partial charge on any atom is 0.287 e. The molecule has 4 rings (SSSR count). The molecule has 0 radical (unpaired) electrons. The molecule has 1 aromatic carbocycles. The Morgan fingerprint density at radius 3 is 2.64 bits per heavy atom. The van der Waals surface area contributed by atoms with Crippen molar-refractivity contribution in [1.29, 1.82) is 0 Å². The standard InChI is InChI=1S/C18H12BrN3O3/c19-15-8-7-14(24-15)17(23)21-10-11-3-5-12(6-4-11)18-22-16-13(25-18)2-1-9-20-16/h1-9H,10H2,(H,21,23). The van der Waals surface area contributed by atoms with Crippen LogP contribution in [-0.2, 0) is 6.54 Å². The number of carbonyl (C=O) groups is 1. The number of benzene rings is 1. The number of carbonyl (C=O) groups excluding carboxylic acids is 1. The number of hydrogen-bond acceptors (Lipinski definition) is 5. The monoisotopic (exact) mass is 397 g/mol. The first-order valence-corrected chi connectivity index (χ1v) is 8.33. The van der Waals surface area contributed by atoms with Crippen molar-refractivity contribution in [3.8, 4) is 11.5 Å². The minimum atomic E-state index is -0.264. The van der Waals surface area contributed by atoms with Crippen LogP contribution in [0.2, 0.25) is 0 Å². The maximum absolute atomic E-state index is 12.0. The first kappa shape index (κ1) is 15.6. The molecule has 0 bridgehead atoms. The number of nitrogens with zero attached hydrogens (tertiary/aromatic N) is 2. The highest BCUT2D eigenvalue weighted by molar-refractivity contribution is 9.10. The van der Waals surface area contributed by atoms with Gasteiger partial charge in [0, 0.05) is 18.3 Å². The predicted octanol–water partition coefficient (Wildman–Crippen LogP) is 4.18. The van der Waals surface area contributed by atoms with E-state index < -0.39 is 0 Å². The molecule has 6 nitrogen and oxygen atoms in total. The summed E-state index contributed by atoms with van der Waals surface area (Å²) in [6, 6.07) is 14.6. The zero-order chi connectivity index (χ0) is 17.2. The SMILES string of the molecule is O=C(NCc1ccc(-c2nc3ncccc3o2)cc1)c1ccc(Br)o1. The predicted molar refractivity (Wildman–Crippen MR) is 94.8 cm³/mol. The lowest BCUT2D eigenvalue weighted by Crippen LogP contribution is -2.22. The zero-order valence-electron chi connectivity index (χ0n) is 12.9. The lowest BCUT2D eigenvalue weighted by Gasteiger charge is -2.04. The second-order valence-corrected chi connectivity index (χ2v) is 6.11. The molecule has 124 valence electrons. The van der Waals surface area contributed by atoms with Gasteiger partial charge in [-0.3, -0.25) is 4.79 Å². The topological polar surface area (TPSA) is 81.2 Å². The highest BCUT2D eigenvalue weighted by Crippen LogP contribution is 2.23. The van der Waals surface area contributed by atoms with Gasteiger partial charge in [-0.15, -0.1) is 0 Å². The molecule has 0 saturated carbocycles. The third kappa shape index (κ3) is 3.32. The molecule has 0 aliphatic carbocycles. The van der Waals surface area contributed by atoms with Crippen LogP contribution in [0.25, 0.3) is 22.7 Å². The van der Waals surface area contributed by atoms with Crippen molar-refractivity contribution < 1.29 is 13.6 Å². The lowest BCUT2D eigenvalue weighted by atomic mass is 10.1. The third-order valence-corrected chi connectivity index (χ3v) is 4.04. The van der Waals surface area contributed by atoms with E-state index in [-0.39, 0.29) is 11.7 Å². The van der Waals surface area contributed by atoms with Crippen molar-refractivity contribution in [1.82, 2.24) is 15.3 Å². The molecule has 0 aliphatic heterocycles. The van der Waals surface area contributed by atoms with Crippen molar-refractivity contribution in [2.45, 2.75) is 6.54 Å². The molecule has 25 heavy (non-hydrogen) atoms. The fourth-order valence-electron chi connectivity index (χ4n) is 2.36. The van der Waals surface area contributed by atoms with Crippen LogP contribution < -0.4 is 5.32 Å². The summed E-state index contributed by atoms with van der Waals surface area (Å²) in [4.78, 5) is 20.5. The molecular weight excluding hydrogens is 386 g/mol. The van der Waals surface area contributed by atoms with Gasteiger partial charge in [0.2, 0.25) is 5.89 Å². The van der Waals surface area contributed by atoms with Crippen molar-refractivity contribution in [3.63, 3.8) is 0 Å². The van der Waals surface area contributed by atoms with Crippen molar-refractivity contribution in [2.75, 3.05) is 0 Å². The van der Waals surface area contributed by atoms with E-state index >= 15 is 0 Å². The van der Waals surface area contributed by atoms with E-state index in [1.54, 1.807) is 24.4 Å². The van der Waals surface area contributed by atoms with Crippen LogP contribution in [-0.4, -0.2) is 15.9 Å².